The summed E-state index contributed by atoms with van der Waals surface area (Å²) in [7, 11) is 1.31. The van der Waals surface area contributed by atoms with Gasteiger partial charge in [0.25, 0.3) is 0 Å². The molecule has 3 fully saturated rings. The molecular formula is C28H39ClN3O8S-. The summed E-state index contributed by atoms with van der Waals surface area (Å²) in [6.45, 7) is 5.36. The Morgan fingerprint density at radius 2 is 1.73 bits per heavy atom. The number of hydrogen-bond donors (Lipinski definition) is 0. The van der Waals surface area contributed by atoms with Crippen molar-refractivity contribution < 1.29 is 37.4 Å². The highest BCUT2D eigenvalue weighted by atomic mass is 35.5. The summed E-state index contributed by atoms with van der Waals surface area (Å²) in [4.78, 5) is 41.7. The molecule has 1 aromatic rings. The van der Waals surface area contributed by atoms with Gasteiger partial charge < -0.3 is 18.8 Å². The zero-order valence-electron chi connectivity index (χ0n) is 23.7. The molecule has 1 aliphatic carbocycles. The number of esters is 2. The highest BCUT2D eigenvalue weighted by molar-refractivity contribution is 7.80. The highest BCUT2D eigenvalue weighted by Crippen LogP contribution is 2.42. The monoisotopic (exact) mass is 612 g/mol. The van der Waals surface area contributed by atoms with Crippen molar-refractivity contribution in [3.05, 3.63) is 29.3 Å². The van der Waals surface area contributed by atoms with E-state index in [0.29, 0.717) is 43.2 Å². The smallest absolute Gasteiger partial charge is 0.410 e. The lowest BCUT2D eigenvalue weighted by Crippen LogP contribution is -2.55. The molecule has 228 valence electrons. The van der Waals surface area contributed by atoms with Crippen LogP contribution in [0.25, 0.3) is 0 Å². The molecule has 1 saturated carbocycles. The number of rotatable bonds is 9. The van der Waals surface area contributed by atoms with Gasteiger partial charge in [0, 0.05) is 35.9 Å². The Morgan fingerprint density at radius 1 is 1.02 bits per heavy atom. The standard InChI is InChI=1S/C28H40ClN3O8S/c1-4-39-26(33)24-14-23(32(41(36)37)22-8-6-7-21(29)13-22)17-30(24)15-18-9-10-19-16-31(28(35)38-3)25(12-20(19)11-18)27(34)40-5-2/h6-8,13,18-20,23-25H,4-5,9-12,14-17H2,1-3H3,(H,36,37)/p-1. The Labute approximate surface area is 248 Å². The first-order valence-electron chi connectivity index (χ1n) is 14.2. The van der Waals surface area contributed by atoms with Crippen molar-refractivity contribution in [2.24, 2.45) is 17.8 Å². The lowest BCUT2D eigenvalue weighted by Gasteiger charge is -2.46. The van der Waals surface area contributed by atoms with Gasteiger partial charge in [0.1, 0.15) is 12.1 Å². The molecule has 1 aromatic carbocycles. The van der Waals surface area contributed by atoms with Crippen LogP contribution in [0.1, 0.15) is 46.0 Å². The molecule has 1 amide bonds. The van der Waals surface area contributed by atoms with Crippen LogP contribution in [-0.2, 0) is 35.1 Å². The molecule has 2 heterocycles. The summed E-state index contributed by atoms with van der Waals surface area (Å²) >= 11 is 3.58. The third-order valence-electron chi connectivity index (χ3n) is 8.54. The summed E-state index contributed by atoms with van der Waals surface area (Å²) < 4.78 is 41.6. The second-order valence-electron chi connectivity index (χ2n) is 11.0. The van der Waals surface area contributed by atoms with Gasteiger partial charge in [0.15, 0.2) is 0 Å². The predicted molar refractivity (Wildman–Crippen MR) is 152 cm³/mol. The van der Waals surface area contributed by atoms with Crippen molar-refractivity contribution in [2.75, 3.05) is 44.3 Å². The fraction of sp³-hybridized carbons (Fsp3) is 0.679. The molecule has 0 spiro atoms. The number of anilines is 1. The number of amides is 1. The van der Waals surface area contributed by atoms with E-state index in [0.717, 1.165) is 19.3 Å². The maximum atomic E-state index is 13.0. The van der Waals surface area contributed by atoms with Gasteiger partial charge in [-0.1, -0.05) is 17.7 Å². The van der Waals surface area contributed by atoms with Gasteiger partial charge in [-0.3, -0.25) is 23.1 Å². The van der Waals surface area contributed by atoms with Crippen molar-refractivity contribution in [3.8, 4) is 0 Å². The largest absolute Gasteiger partial charge is 0.755 e. The summed E-state index contributed by atoms with van der Waals surface area (Å²) in [5.74, 6) is -0.100. The number of likely N-dealkylation sites (tertiary alicyclic amines) is 2. The van der Waals surface area contributed by atoms with Gasteiger partial charge in [0.05, 0.1) is 32.1 Å². The molecule has 11 nitrogen and oxygen atoms in total. The minimum atomic E-state index is -2.57. The third kappa shape index (κ3) is 7.33. The van der Waals surface area contributed by atoms with Gasteiger partial charge in [-0.25, -0.2) is 9.59 Å². The minimum Gasteiger partial charge on any atom is -0.755 e. The van der Waals surface area contributed by atoms with E-state index in [2.05, 4.69) is 0 Å². The van der Waals surface area contributed by atoms with Crippen LogP contribution in [0.3, 0.4) is 0 Å². The average molecular weight is 613 g/mol. The summed E-state index contributed by atoms with van der Waals surface area (Å²) in [6, 6.07) is 4.93. The van der Waals surface area contributed by atoms with Crippen molar-refractivity contribution >= 4 is 46.6 Å². The van der Waals surface area contributed by atoms with Gasteiger partial charge >= 0.3 is 18.0 Å². The van der Waals surface area contributed by atoms with Crippen LogP contribution < -0.4 is 4.31 Å². The molecule has 2 aliphatic heterocycles. The number of benzene rings is 1. The molecule has 4 rings (SSSR count). The SMILES string of the molecule is CCOC(=O)C1CC(N(c2cccc(Cl)c2)S(=O)[O-])CN1CC1CCC2CN(C(=O)OC)C(C(=O)OCC)CC2C1. The van der Waals surface area contributed by atoms with E-state index in [1.165, 1.54) is 16.3 Å². The number of halogens is 1. The number of methoxy groups -OCH3 is 1. The quantitative estimate of drug-likeness (QED) is 0.234. The lowest BCUT2D eigenvalue weighted by molar-refractivity contribution is -0.153. The number of piperidine rings is 1. The minimum absolute atomic E-state index is 0.209. The van der Waals surface area contributed by atoms with Crippen LogP contribution in [0.15, 0.2) is 24.3 Å². The third-order valence-corrected chi connectivity index (χ3v) is 9.60. The second-order valence-corrected chi connectivity index (χ2v) is 12.2. The molecule has 13 heteroatoms. The molecule has 0 aromatic heterocycles. The Kier molecular flexibility index (Phi) is 10.9. The molecule has 0 N–H and O–H groups in total. The van der Waals surface area contributed by atoms with Gasteiger partial charge in [0.2, 0.25) is 0 Å². The van der Waals surface area contributed by atoms with E-state index >= 15 is 0 Å². The molecule has 0 bridgehead atoms. The maximum Gasteiger partial charge on any atom is 0.410 e. The Balaban J connectivity index is 1.49. The van der Waals surface area contributed by atoms with E-state index in [9.17, 15) is 23.1 Å². The van der Waals surface area contributed by atoms with Crippen LogP contribution in [0.5, 0.6) is 0 Å². The number of fused-ring (bicyclic) bond motifs is 1. The van der Waals surface area contributed by atoms with Crippen molar-refractivity contribution in [1.82, 2.24) is 9.80 Å². The first-order chi connectivity index (χ1) is 19.7. The zero-order valence-corrected chi connectivity index (χ0v) is 25.3. The maximum absolute atomic E-state index is 13.0. The fourth-order valence-corrected chi connectivity index (χ4v) is 7.66. The van der Waals surface area contributed by atoms with Gasteiger partial charge in [-0.05, 0) is 81.9 Å². The van der Waals surface area contributed by atoms with E-state index in [-0.39, 0.29) is 36.9 Å². The number of ether oxygens (including phenoxy) is 3. The van der Waals surface area contributed by atoms with Crippen molar-refractivity contribution in [3.63, 3.8) is 0 Å². The van der Waals surface area contributed by atoms with Crippen LogP contribution in [0.4, 0.5) is 10.5 Å². The van der Waals surface area contributed by atoms with E-state index in [1.807, 2.05) is 4.90 Å². The van der Waals surface area contributed by atoms with Crippen LogP contribution >= 0.6 is 11.6 Å². The van der Waals surface area contributed by atoms with Crippen molar-refractivity contribution in [1.29, 1.82) is 0 Å². The number of carbonyl (C=O) groups excluding carboxylic acids is 3. The van der Waals surface area contributed by atoms with Crippen LogP contribution in [0.2, 0.25) is 5.02 Å². The van der Waals surface area contributed by atoms with Gasteiger partial charge in [-0.15, -0.1) is 0 Å². The lowest BCUT2D eigenvalue weighted by atomic mass is 9.69. The number of hydrogen-bond acceptors (Lipinski definition) is 9. The molecule has 0 radical (unpaired) electrons. The molecular weight excluding hydrogens is 574 g/mol. The number of nitrogens with zero attached hydrogens (tertiary/aromatic N) is 3. The normalized spacial score (nSPS) is 28.9. The van der Waals surface area contributed by atoms with E-state index in [1.54, 1.807) is 38.1 Å². The van der Waals surface area contributed by atoms with E-state index < -0.39 is 41.5 Å². The molecule has 2 saturated heterocycles. The van der Waals surface area contributed by atoms with Crippen LogP contribution in [0, 0.1) is 17.8 Å². The molecule has 41 heavy (non-hydrogen) atoms. The molecule has 3 aliphatic rings. The van der Waals surface area contributed by atoms with E-state index in [4.69, 9.17) is 25.8 Å². The Morgan fingerprint density at radius 3 is 2.37 bits per heavy atom. The zero-order chi connectivity index (χ0) is 29.7. The average Bonchev–Trinajstić information content (AvgIpc) is 3.35. The molecule has 7 unspecified atom stereocenters. The summed E-state index contributed by atoms with van der Waals surface area (Å²) in [5, 5.41) is 0.422. The summed E-state index contributed by atoms with van der Waals surface area (Å²) in [6.07, 6.45) is 2.87. The topological polar surface area (TPSA) is 129 Å². The first-order valence-corrected chi connectivity index (χ1v) is 15.6. The second kappa shape index (κ2) is 14.2. The van der Waals surface area contributed by atoms with Gasteiger partial charge in [-0.2, -0.15) is 0 Å². The predicted octanol–water partition coefficient (Wildman–Crippen LogP) is 3.38. The summed E-state index contributed by atoms with van der Waals surface area (Å²) in [5.41, 5.74) is 0.447. The number of carbonyl (C=O) groups is 3. The fourth-order valence-electron chi connectivity index (χ4n) is 6.79. The molecule has 7 atom stereocenters. The Hall–Kier alpha value is -2.41. The highest BCUT2D eigenvalue weighted by Gasteiger charge is 2.46. The Bertz CT molecular complexity index is 1130. The van der Waals surface area contributed by atoms with Crippen molar-refractivity contribution in [2.45, 2.75) is 64.1 Å². The van der Waals surface area contributed by atoms with Crippen LogP contribution in [-0.4, -0.2) is 94.7 Å². The first kappa shape index (κ1) is 31.5.